The van der Waals surface area contributed by atoms with Crippen LogP contribution in [0.2, 0.25) is 0 Å². The first-order chi connectivity index (χ1) is 9.13. The van der Waals surface area contributed by atoms with Crippen molar-refractivity contribution in [3.05, 3.63) is 54.4 Å². The van der Waals surface area contributed by atoms with E-state index in [0.717, 1.165) is 28.0 Å². The number of H-pyrrole nitrogens is 1. The molecule has 2 heterocycles. The molecule has 19 heavy (non-hydrogen) atoms. The van der Waals surface area contributed by atoms with Gasteiger partial charge in [0, 0.05) is 18.1 Å². The maximum atomic E-state index is 4.40. The van der Waals surface area contributed by atoms with Gasteiger partial charge >= 0.3 is 0 Å². The van der Waals surface area contributed by atoms with Gasteiger partial charge in [-0.3, -0.25) is 0 Å². The Hall–Kier alpha value is -2.29. The number of hydrogen-bond donors (Lipinski definition) is 2. The molecule has 0 aromatic carbocycles. The fourth-order valence-corrected chi connectivity index (χ4v) is 1.96. The highest BCUT2D eigenvalue weighted by atomic mass is 14.9. The lowest BCUT2D eigenvalue weighted by atomic mass is 10.1. The van der Waals surface area contributed by atoms with Crippen molar-refractivity contribution in [2.24, 2.45) is 0 Å². The first-order valence-corrected chi connectivity index (χ1v) is 6.28. The number of rotatable bonds is 4. The number of nitrogens with zero attached hydrogens (tertiary/aromatic N) is 1. The van der Waals surface area contributed by atoms with E-state index in [9.17, 15) is 0 Å². The van der Waals surface area contributed by atoms with Crippen molar-refractivity contribution >= 4 is 22.3 Å². The molecule has 98 valence electrons. The van der Waals surface area contributed by atoms with Crippen LogP contribution in [-0.4, -0.2) is 17.0 Å². The second-order valence-electron chi connectivity index (χ2n) is 4.67. The summed E-state index contributed by atoms with van der Waals surface area (Å²) in [7, 11) is 1.89. The molecule has 2 rings (SSSR count). The lowest BCUT2D eigenvalue weighted by Crippen LogP contribution is -1.88. The third kappa shape index (κ3) is 2.94. The van der Waals surface area contributed by atoms with E-state index in [1.54, 1.807) is 6.08 Å². The average Bonchev–Trinajstić information content (AvgIpc) is 2.80. The van der Waals surface area contributed by atoms with E-state index < -0.39 is 0 Å². The van der Waals surface area contributed by atoms with Crippen molar-refractivity contribution in [2.45, 2.75) is 13.8 Å². The largest absolute Gasteiger partial charge is 0.387 e. The third-order valence-electron chi connectivity index (χ3n) is 2.81. The Kier molecular flexibility index (Phi) is 3.85. The summed E-state index contributed by atoms with van der Waals surface area (Å²) in [5, 5.41) is 4.19. The van der Waals surface area contributed by atoms with Crippen LogP contribution in [0.4, 0.5) is 5.69 Å². The van der Waals surface area contributed by atoms with Gasteiger partial charge in [-0.15, -0.1) is 0 Å². The molecule has 3 nitrogen and oxygen atoms in total. The van der Waals surface area contributed by atoms with Crippen LogP contribution in [0.15, 0.2) is 48.7 Å². The van der Waals surface area contributed by atoms with Gasteiger partial charge in [0.05, 0.1) is 11.9 Å². The van der Waals surface area contributed by atoms with E-state index in [0.29, 0.717) is 0 Å². The van der Waals surface area contributed by atoms with Crippen LogP contribution in [0.5, 0.6) is 0 Å². The van der Waals surface area contributed by atoms with Gasteiger partial charge in [0.1, 0.15) is 5.65 Å². The minimum atomic E-state index is 0.895. The lowest BCUT2D eigenvalue weighted by Gasteiger charge is -1.98. The average molecular weight is 253 g/mol. The highest BCUT2D eigenvalue weighted by molar-refractivity contribution is 5.86. The summed E-state index contributed by atoms with van der Waals surface area (Å²) >= 11 is 0. The number of aromatic amines is 1. The normalized spacial score (nSPS) is 11.4. The zero-order chi connectivity index (χ0) is 13.8. The number of aromatic nitrogens is 2. The fraction of sp³-hybridized carbons (Fsp3) is 0.188. The van der Waals surface area contributed by atoms with Crippen molar-refractivity contribution in [3.63, 3.8) is 0 Å². The number of anilines is 1. The summed E-state index contributed by atoms with van der Waals surface area (Å²) in [6.07, 6.45) is 7.75. The van der Waals surface area contributed by atoms with Gasteiger partial charge in [0.15, 0.2) is 0 Å². The molecular weight excluding hydrogens is 234 g/mol. The van der Waals surface area contributed by atoms with E-state index in [2.05, 4.69) is 53.9 Å². The maximum absolute atomic E-state index is 4.40. The molecule has 3 heteroatoms. The minimum Gasteiger partial charge on any atom is -0.387 e. The van der Waals surface area contributed by atoms with Crippen LogP contribution in [0.25, 0.3) is 16.6 Å². The molecule has 2 aromatic rings. The maximum Gasteiger partial charge on any atom is 0.137 e. The van der Waals surface area contributed by atoms with Crippen LogP contribution in [0.3, 0.4) is 0 Å². The van der Waals surface area contributed by atoms with Gasteiger partial charge in [-0.25, -0.2) is 4.98 Å². The summed E-state index contributed by atoms with van der Waals surface area (Å²) in [5.41, 5.74) is 5.31. The molecule has 0 aliphatic rings. The van der Waals surface area contributed by atoms with Crippen LogP contribution < -0.4 is 5.32 Å². The lowest BCUT2D eigenvalue weighted by molar-refractivity contribution is 1.29. The molecule has 2 aromatic heterocycles. The number of allylic oxidation sites excluding steroid dienone is 5. The van der Waals surface area contributed by atoms with Crippen LogP contribution in [-0.2, 0) is 0 Å². The zero-order valence-electron chi connectivity index (χ0n) is 11.6. The van der Waals surface area contributed by atoms with Gasteiger partial charge < -0.3 is 10.3 Å². The Bertz CT molecular complexity index is 656. The van der Waals surface area contributed by atoms with Crippen molar-refractivity contribution in [1.82, 2.24) is 9.97 Å². The molecule has 0 saturated heterocycles. The quantitative estimate of drug-likeness (QED) is 0.804. The smallest absolute Gasteiger partial charge is 0.137 e. The van der Waals surface area contributed by atoms with E-state index in [1.807, 2.05) is 19.3 Å². The first kappa shape index (κ1) is 13.1. The molecule has 0 spiro atoms. The second-order valence-corrected chi connectivity index (χ2v) is 4.67. The van der Waals surface area contributed by atoms with Gasteiger partial charge in [-0.05, 0) is 31.6 Å². The molecule has 0 aliphatic carbocycles. The van der Waals surface area contributed by atoms with Crippen LogP contribution in [0.1, 0.15) is 19.5 Å². The molecule has 0 aliphatic heterocycles. The molecule has 2 N–H and O–H groups in total. The number of fused-ring (bicyclic) bond motifs is 1. The van der Waals surface area contributed by atoms with Gasteiger partial charge in [0.25, 0.3) is 0 Å². The summed E-state index contributed by atoms with van der Waals surface area (Å²) < 4.78 is 0. The molecule has 0 bridgehead atoms. The third-order valence-corrected chi connectivity index (χ3v) is 2.81. The predicted octanol–water partition coefficient (Wildman–Crippen LogP) is 4.14. The number of pyridine rings is 1. The summed E-state index contributed by atoms with van der Waals surface area (Å²) in [4.78, 5) is 7.74. The van der Waals surface area contributed by atoms with Crippen molar-refractivity contribution in [2.75, 3.05) is 12.4 Å². The van der Waals surface area contributed by atoms with E-state index >= 15 is 0 Å². The SMILES string of the molecule is C=C/C=C(\C=C(C)C)c1cc2cc(NC)cnc2[nH]1. The first-order valence-electron chi connectivity index (χ1n) is 6.28. The predicted molar refractivity (Wildman–Crippen MR) is 83.2 cm³/mol. The van der Waals surface area contributed by atoms with Crippen molar-refractivity contribution in [1.29, 1.82) is 0 Å². The molecule has 0 amide bonds. The monoisotopic (exact) mass is 253 g/mol. The summed E-state index contributed by atoms with van der Waals surface area (Å²) in [6, 6.07) is 4.19. The van der Waals surface area contributed by atoms with Gasteiger partial charge in [-0.2, -0.15) is 0 Å². The second kappa shape index (κ2) is 5.57. The molecule has 0 radical (unpaired) electrons. The van der Waals surface area contributed by atoms with E-state index in [4.69, 9.17) is 0 Å². The number of nitrogens with one attached hydrogen (secondary N) is 2. The standard InChI is InChI=1S/C16H19N3/c1-5-6-12(7-11(2)3)15-9-13-8-14(17-4)10-18-16(13)19-15/h5-10,17H,1H2,2-4H3,(H,18,19)/b12-6+. The fourth-order valence-electron chi connectivity index (χ4n) is 1.96. The Morgan fingerprint density at radius 3 is 2.79 bits per heavy atom. The molecule has 0 unspecified atom stereocenters. The van der Waals surface area contributed by atoms with Crippen molar-refractivity contribution in [3.8, 4) is 0 Å². The Morgan fingerprint density at radius 2 is 2.16 bits per heavy atom. The molecule has 0 atom stereocenters. The number of hydrogen-bond acceptors (Lipinski definition) is 2. The highest BCUT2D eigenvalue weighted by Gasteiger charge is 2.05. The molecular formula is C16H19N3. The zero-order valence-corrected chi connectivity index (χ0v) is 11.6. The Morgan fingerprint density at radius 1 is 1.37 bits per heavy atom. The molecule has 0 saturated carbocycles. The topological polar surface area (TPSA) is 40.7 Å². The summed E-state index contributed by atoms with van der Waals surface area (Å²) in [6.45, 7) is 7.93. The van der Waals surface area contributed by atoms with E-state index in [-0.39, 0.29) is 0 Å². The van der Waals surface area contributed by atoms with Crippen LogP contribution in [0, 0.1) is 0 Å². The van der Waals surface area contributed by atoms with Gasteiger partial charge in [-0.1, -0.05) is 30.4 Å². The van der Waals surface area contributed by atoms with E-state index in [1.165, 1.54) is 5.57 Å². The highest BCUT2D eigenvalue weighted by Crippen LogP contribution is 2.23. The Labute approximate surface area is 113 Å². The van der Waals surface area contributed by atoms with Crippen molar-refractivity contribution < 1.29 is 0 Å². The van der Waals surface area contributed by atoms with Crippen LogP contribution >= 0.6 is 0 Å². The van der Waals surface area contributed by atoms with Gasteiger partial charge in [0.2, 0.25) is 0 Å². The summed E-state index contributed by atoms with van der Waals surface area (Å²) in [5.74, 6) is 0. The Balaban J connectivity index is 2.52. The molecule has 0 fully saturated rings. The minimum absolute atomic E-state index is 0.895.